The maximum absolute atomic E-state index is 12.0. The molecule has 218 valence electrons. The number of thioether (sulfide) groups is 1. The van der Waals surface area contributed by atoms with Gasteiger partial charge < -0.3 is 25.0 Å². The number of aliphatic hydroxyl groups is 1. The Hall–Kier alpha value is -4.03. The minimum atomic E-state index is -0.997. The summed E-state index contributed by atoms with van der Waals surface area (Å²) < 4.78 is 13.0. The Morgan fingerprint density at radius 2 is 1.74 bits per heavy atom. The van der Waals surface area contributed by atoms with Crippen molar-refractivity contribution in [2.75, 3.05) is 5.75 Å². The Bertz CT molecular complexity index is 1480. The monoisotopic (exact) mass is 588 g/mol. The van der Waals surface area contributed by atoms with Crippen LogP contribution in [0.3, 0.4) is 0 Å². The largest absolute Gasteiger partial charge is 0.481 e. The summed E-state index contributed by atoms with van der Waals surface area (Å²) in [6, 6.07) is 23.7. The summed E-state index contributed by atoms with van der Waals surface area (Å²) >= 11 is 1.54. The molecule has 1 aliphatic rings. The SMILES string of the molecule is O=C(O)CCC(=O)NCc1cccc(-c2cccc([C@@H]3O[C@H](CSc4ncn[nH]4)C[C@H](c4ccc(CO)cc4)O3)c2)c1. The Balaban J connectivity index is 1.32. The van der Waals surface area contributed by atoms with E-state index in [4.69, 9.17) is 14.6 Å². The van der Waals surface area contributed by atoms with Gasteiger partial charge in [-0.05, 0) is 39.9 Å². The van der Waals surface area contributed by atoms with Gasteiger partial charge in [0.05, 0.1) is 25.2 Å². The van der Waals surface area contributed by atoms with Crippen LogP contribution >= 0.6 is 11.8 Å². The van der Waals surface area contributed by atoms with E-state index in [1.165, 1.54) is 6.33 Å². The van der Waals surface area contributed by atoms with Crippen LogP contribution in [0, 0.1) is 0 Å². The van der Waals surface area contributed by atoms with Gasteiger partial charge in [0.25, 0.3) is 0 Å². The molecule has 0 bridgehead atoms. The minimum Gasteiger partial charge on any atom is -0.481 e. The minimum absolute atomic E-state index is 0.0148. The van der Waals surface area contributed by atoms with Gasteiger partial charge in [0.2, 0.25) is 5.91 Å². The lowest BCUT2D eigenvalue weighted by molar-refractivity contribution is -0.245. The van der Waals surface area contributed by atoms with Crippen LogP contribution < -0.4 is 5.32 Å². The molecule has 0 aliphatic carbocycles. The van der Waals surface area contributed by atoms with Crippen LogP contribution in [-0.4, -0.2) is 49.1 Å². The maximum Gasteiger partial charge on any atom is 0.303 e. The number of carbonyl (C=O) groups excluding carboxylic acids is 1. The zero-order valence-electron chi connectivity index (χ0n) is 22.8. The van der Waals surface area contributed by atoms with E-state index < -0.39 is 12.3 Å². The van der Waals surface area contributed by atoms with E-state index in [-0.39, 0.29) is 37.6 Å². The third kappa shape index (κ3) is 8.04. The summed E-state index contributed by atoms with van der Waals surface area (Å²) in [5.74, 6) is -0.628. The van der Waals surface area contributed by atoms with E-state index in [0.717, 1.165) is 38.5 Å². The Kier molecular flexibility index (Phi) is 9.98. The van der Waals surface area contributed by atoms with Crippen molar-refractivity contribution in [3.05, 3.63) is 101 Å². The van der Waals surface area contributed by atoms with Crippen molar-refractivity contribution in [3.63, 3.8) is 0 Å². The quantitative estimate of drug-likeness (QED) is 0.172. The average molecular weight is 589 g/mol. The number of benzene rings is 3. The number of aromatic amines is 1. The zero-order chi connectivity index (χ0) is 29.3. The number of rotatable bonds is 12. The predicted octanol–water partition coefficient (Wildman–Crippen LogP) is 4.78. The second-order valence-electron chi connectivity index (χ2n) is 9.95. The molecule has 3 atom stereocenters. The number of H-pyrrole nitrogens is 1. The van der Waals surface area contributed by atoms with E-state index >= 15 is 0 Å². The summed E-state index contributed by atoms with van der Waals surface area (Å²) in [4.78, 5) is 26.9. The lowest BCUT2D eigenvalue weighted by Crippen LogP contribution is -2.31. The van der Waals surface area contributed by atoms with Gasteiger partial charge in [0.1, 0.15) is 6.33 Å². The summed E-state index contributed by atoms with van der Waals surface area (Å²) in [6.45, 7) is 0.293. The maximum atomic E-state index is 12.0. The summed E-state index contributed by atoms with van der Waals surface area (Å²) in [6.07, 6.45) is 0.983. The molecule has 0 unspecified atom stereocenters. The third-order valence-electron chi connectivity index (χ3n) is 6.89. The molecule has 5 rings (SSSR count). The number of hydrogen-bond donors (Lipinski definition) is 4. The van der Waals surface area contributed by atoms with Gasteiger partial charge >= 0.3 is 5.97 Å². The van der Waals surface area contributed by atoms with Crippen LogP contribution in [0.4, 0.5) is 0 Å². The van der Waals surface area contributed by atoms with Crippen molar-refractivity contribution in [2.45, 2.75) is 56.1 Å². The van der Waals surface area contributed by atoms with Gasteiger partial charge in [0, 0.05) is 30.7 Å². The van der Waals surface area contributed by atoms with Crippen LogP contribution in [0.25, 0.3) is 11.1 Å². The van der Waals surface area contributed by atoms with Crippen molar-refractivity contribution in [1.29, 1.82) is 0 Å². The van der Waals surface area contributed by atoms with Gasteiger partial charge in [-0.25, -0.2) is 4.98 Å². The molecular weight excluding hydrogens is 556 g/mol. The Morgan fingerprint density at radius 3 is 2.48 bits per heavy atom. The normalized spacial score (nSPS) is 18.5. The Morgan fingerprint density at radius 1 is 0.952 bits per heavy atom. The highest BCUT2D eigenvalue weighted by Gasteiger charge is 2.32. The number of aromatic nitrogens is 3. The van der Waals surface area contributed by atoms with E-state index in [1.807, 2.05) is 72.8 Å². The average Bonchev–Trinajstić information content (AvgIpc) is 3.56. The summed E-state index contributed by atoms with van der Waals surface area (Å²) in [5, 5.41) is 28.5. The second kappa shape index (κ2) is 14.2. The van der Waals surface area contributed by atoms with Crippen molar-refractivity contribution in [3.8, 4) is 11.1 Å². The van der Waals surface area contributed by atoms with Crippen LogP contribution in [0.2, 0.25) is 0 Å². The number of carboxylic acid groups (broad SMARTS) is 1. The number of amides is 1. The fourth-order valence-electron chi connectivity index (χ4n) is 4.69. The number of carboxylic acids is 1. The lowest BCUT2D eigenvalue weighted by Gasteiger charge is -2.36. The molecule has 1 amide bonds. The van der Waals surface area contributed by atoms with E-state index in [1.54, 1.807) is 11.8 Å². The summed E-state index contributed by atoms with van der Waals surface area (Å²) in [5.41, 5.74) is 5.59. The Labute approximate surface area is 247 Å². The highest BCUT2D eigenvalue weighted by molar-refractivity contribution is 7.99. The zero-order valence-corrected chi connectivity index (χ0v) is 23.6. The number of nitrogens with one attached hydrogen (secondary N) is 2. The number of carbonyl (C=O) groups is 2. The van der Waals surface area contributed by atoms with E-state index in [9.17, 15) is 14.7 Å². The molecule has 1 fully saturated rings. The van der Waals surface area contributed by atoms with Gasteiger partial charge in [0.15, 0.2) is 11.4 Å². The molecule has 3 aromatic carbocycles. The van der Waals surface area contributed by atoms with Crippen molar-refractivity contribution < 1.29 is 29.3 Å². The van der Waals surface area contributed by atoms with Crippen molar-refractivity contribution in [2.24, 2.45) is 0 Å². The molecule has 42 heavy (non-hydrogen) atoms. The summed E-state index contributed by atoms with van der Waals surface area (Å²) in [7, 11) is 0. The number of hydrogen-bond acceptors (Lipinski definition) is 8. The first-order valence-corrected chi connectivity index (χ1v) is 14.6. The molecule has 0 radical (unpaired) electrons. The molecule has 4 N–H and O–H groups in total. The van der Waals surface area contributed by atoms with Crippen molar-refractivity contribution >= 4 is 23.6 Å². The van der Waals surface area contributed by atoms with E-state index in [0.29, 0.717) is 18.7 Å². The highest BCUT2D eigenvalue weighted by atomic mass is 32.2. The molecule has 0 saturated carbocycles. The first kappa shape index (κ1) is 29.5. The first-order chi connectivity index (χ1) is 20.5. The standard InChI is InChI=1S/C31H32N4O6S/c36-17-20-7-9-22(10-8-20)27-15-26(18-42-31-33-19-34-35-31)40-30(41-27)25-6-2-5-24(14-25)23-4-1-3-21(13-23)16-32-28(37)11-12-29(38)39/h1-10,13-14,19,26-27,30,36H,11-12,15-18H2,(H,32,37)(H,38,39)(H,33,34,35)/t26-,27+,30+/m0/s1. The molecule has 10 nitrogen and oxygen atoms in total. The number of aliphatic hydroxyl groups excluding tert-OH is 1. The lowest BCUT2D eigenvalue weighted by atomic mass is 9.99. The molecule has 4 aromatic rings. The molecule has 0 spiro atoms. The number of nitrogens with zero attached hydrogens (tertiary/aromatic N) is 2. The van der Waals surface area contributed by atoms with E-state index in [2.05, 4.69) is 20.5 Å². The van der Waals surface area contributed by atoms with Gasteiger partial charge in [-0.15, -0.1) is 0 Å². The predicted molar refractivity (Wildman–Crippen MR) is 156 cm³/mol. The van der Waals surface area contributed by atoms with Gasteiger partial charge in [-0.2, -0.15) is 5.10 Å². The topological polar surface area (TPSA) is 147 Å². The molecule has 2 heterocycles. The number of ether oxygens (including phenoxy) is 2. The van der Waals surface area contributed by atoms with Crippen LogP contribution in [0.1, 0.15) is 53.9 Å². The first-order valence-electron chi connectivity index (χ1n) is 13.6. The molecule has 1 saturated heterocycles. The van der Waals surface area contributed by atoms with Gasteiger partial charge in [-0.3, -0.25) is 14.7 Å². The fraction of sp³-hybridized carbons (Fsp3) is 0.290. The van der Waals surface area contributed by atoms with Crippen LogP contribution in [-0.2, 0) is 32.2 Å². The molecule has 1 aromatic heterocycles. The molecule has 1 aliphatic heterocycles. The van der Waals surface area contributed by atoms with Gasteiger partial charge in [-0.1, -0.05) is 72.4 Å². The third-order valence-corrected chi connectivity index (χ3v) is 7.90. The van der Waals surface area contributed by atoms with Crippen LogP contribution in [0.15, 0.2) is 84.3 Å². The molecular formula is C31H32N4O6S. The fourth-order valence-corrected chi connectivity index (χ4v) is 5.49. The van der Waals surface area contributed by atoms with Crippen LogP contribution in [0.5, 0.6) is 0 Å². The highest BCUT2D eigenvalue weighted by Crippen LogP contribution is 2.40. The number of aliphatic carboxylic acids is 1. The smallest absolute Gasteiger partial charge is 0.303 e. The molecule has 11 heteroatoms. The second-order valence-corrected chi connectivity index (χ2v) is 11.0. The van der Waals surface area contributed by atoms with Crippen molar-refractivity contribution in [1.82, 2.24) is 20.5 Å².